The Balaban J connectivity index is 1.90. The van der Waals surface area contributed by atoms with Gasteiger partial charge in [0.05, 0.1) is 19.4 Å². The van der Waals surface area contributed by atoms with Gasteiger partial charge in [0.1, 0.15) is 5.75 Å². The summed E-state index contributed by atoms with van der Waals surface area (Å²) >= 11 is 0. The van der Waals surface area contributed by atoms with Gasteiger partial charge in [0.25, 0.3) is 5.91 Å². The van der Waals surface area contributed by atoms with E-state index in [9.17, 15) is 19.0 Å². The first-order chi connectivity index (χ1) is 18.6. The van der Waals surface area contributed by atoms with Crippen LogP contribution in [0.2, 0.25) is 0 Å². The number of unbranched alkanes of at least 4 members (excludes halogenated alkanes) is 5. The summed E-state index contributed by atoms with van der Waals surface area (Å²) in [7, 11) is -4.20. The monoisotopic (exact) mass is 563 g/mol. The standard InChI is InChI=1S/C29H42NO8P/c1-5-6-7-8-9-10-17-35-26-14-12-24(13-15-26)28(31)30-27-16-11-23(4)18-25(27)20-39(33,34)38-21-37-29(32)36-19-22(2)3/h11-16,18,22H,5-10,17,19-21H2,1-4H3,(H,30,31)(H,33,34). The molecule has 1 amide bonds. The number of ether oxygens (including phenoxy) is 3. The highest BCUT2D eigenvalue weighted by Gasteiger charge is 2.24. The van der Waals surface area contributed by atoms with E-state index < -0.39 is 20.5 Å². The number of aryl methyl sites for hydroxylation is 1. The smallest absolute Gasteiger partial charge is 0.494 e. The zero-order valence-electron chi connectivity index (χ0n) is 23.4. The molecule has 2 rings (SSSR count). The van der Waals surface area contributed by atoms with E-state index in [0.717, 1.165) is 18.4 Å². The summed E-state index contributed by atoms with van der Waals surface area (Å²) in [6.45, 7) is 7.83. The van der Waals surface area contributed by atoms with Crippen LogP contribution in [-0.2, 0) is 24.7 Å². The number of anilines is 1. The number of rotatable bonds is 17. The third-order valence-electron chi connectivity index (χ3n) is 5.73. The molecule has 10 heteroatoms. The minimum Gasteiger partial charge on any atom is -0.494 e. The van der Waals surface area contributed by atoms with Crippen molar-refractivity contribution in [3.05, 3.63) is 59.2 Å². The average molecular weight is 564 g/mol. The van der Waals surface area contributed by atoms with E-state index in [4.69, 9.17) is 18.7 Å². The minimum atomic E-state index is -4.20. The zero-order chi connectivity index (χ0) is 28.7. The Morgan fingerprint density at radius 2 is 1.67 bits per heavy atom. The predicted molar refractivity (Wildman–Crippen MR) is 151 cm³/mol. The number of hydrogen-bond donors (Lipinski definition) is 2. The molecule has 0 aliphatic rings. The molecular formula is C29H42NO8P. The molecule has 2 aromatic carbocycles. The zero-order valence-corrected chi connectivity index (χ0v) is 24.3. The lowest BCUT2D eigenvalue weighted by atomic mass is 10.1. The van der Waals surface area contributed by atoms with Crippen LogP contribution in [0.3, 0.4) is 0 Å². The van der Waals surface area contributed by atoms with Gasteiger partial charge in [-0.3, -0.25) is 13.9 Å². The highest BCUT2D eigenvalue weighted by atomic mass is 31.2. The number of carbonyl (C=O) groups is 2. The van der Waals surface area contributed by atoms with Crippen molar-refractivity contribution in [3.63, 3.8) is 0 Å². The van der Waals surface area contributed by atoms with Gasteiger partial charge in [-0.1, -0.05) is 70.6 Å². The number of amides is 1. The molecule has 1 atom stereocenters. The molecule has 0 aromatic heterocycles. The second-order valence-electron chi connectivity index (χ2n) is 9.90. The Kier molecular flexibility index (Phi) is 14.1. The van der Waals surface area contributed by atoms with Crippen LogP contribution in [-0.4, -0.2) is 37.0 Å². The van der Waals surface area contributed by atoms with E-state index >= 15 is 0 Å². The van der Waals surface area contributed by atoms with Gasteiger partial charge in [0, 0.05) is 11.3 Å². The SMILES string of the molecule is CCCCCCCCOc1ccc(C(=O)Nc2ccc(C)cc2CP(=O)(O)OCOC(=O)OCC(C)C)cc1. The Hall–Kier alpha value is -2.87. The van der Waals surface area contributed by atoms with Crippen molar-refractivity contribution in [1.29, 1.82) is 0 Å². The number of benzene rings is 2. The first kappa shape index (κ1) is 32.3. The molecule has 0 fully saturated rings. The minimum absolute atomic E-state index is 0.124. The summed E-state index contributed by atoms with van der Waals surface area (Å²) in [6.07, 6.45) is 5.74. The second-order valence-corrected chi connectivity index (χ2v) is 11.7. The number of hydrogen-bond acceptors (Lipinski definition) is 7. The van der Waals surface area contributed by atoms with Gasteiger partial charge < -0.3 is 24.4 Å². The molecule has 0 radical (unpaired) electrons. The van der Waals surface area contributed by atoms with Gasteiger partial charge in [-0.15, -0.1) is 0 Å². The second kappa shape index (κ2) is 17.0. The lowest BCUT2D eigenvalue weighted by molar-refractivity contribution is -0.00288. The lowest BCUT2D eigenvalue weighted by Gasteiger charge is -2.16. The highest BCUT2D eigenvalue weighted by molar-refractivity contribution is 7.51. The number of nitrogens with one attached hydrogen (secondary N) is 1. The van der Waals surface area contributed by atoms with Crippen LogP contribution >= 0.6 is 7.60 Å². The topological polar surface area (TPSA) is 120 Å². The fraction of sp³-hybridized carbons (Fsp3) is 0.517. The summed E-state index contributed by atoms with van der Waals surface area (Å²) < 4.78 is 32.9. The van der Waals surface area contributed by atoms with E-state index in [-0.39, 0.29) is 24.6 Å². The maximum Gasteiger partial charge on any atom is 0.510 e. The van der Waals surface area contributed by atoms with Crippen LogP contribution in [0.1, 0.15) is 80.8 Å². The first-order valence-corrected chi connectivity index (χ1v) is 15.3. The van der Waals surface area contributed by atoms with Crippen LogP contribution in [0.4, 0.5) is 10.5 Å². The van der Waals surface area contributed by atoms with Crippen molar-refractivity contribution in [1.82, 2.24) is 0 Å². The van der Waals surface area contributed by atoms with Crippen molar-refractivity contribution in [2.24, 2.45) is 5.92 Å². The van der Waals surface area contributed by atoms with Gasteiger partial charge in [-0.2, -0.15) is 0 Å². The molecular weight excluding hydrogens is 521 g/mol. The fourth-order valence-corrected chi connectivity index (χ4v) is 4.64. The molecule has 2 N–H and O–H groups in total. The van der Waals surface area contributed by atoms with Crippen LogP contribution < -0.4 is 10.1 Å². The summed E-state index contributed by atoms with van der Waals surface area (Å²) in [5.41, 5.74) is 2.05. The van der Waals surface area contributed by atoms with Crippen molar-refractivity contribution in [3.8, 4) is 5.75 Å². The molecule has 0 saturated carbocycles. The molecule has 216 valence electrons. The van der Waals surface area contributed by atoms with Gasteiger partial charge in [-0.25, -0.2) is 4.79 Å². The summed E-state index contributed by atoms with van der Waals surface area (Å²) in [5.74, 6) is 0.454. The van der Waals surface area contributed by atoms with Crippen LogP contribution in [0, 0.1) is 12.8 Å². The van der Waals surface area contributed by atoms with Crippen LogP contribution in [0.15, 0.2) is 42.5 Å². The molecule has 0 bridgehead atoms. The Morgan fingerprint density at radius 1 is 0.974 bits per heavy atom. The summed E-state index contributed by atoms with van der Waals surface area (Å²) in [4.78, 5) is 34.7. The van der Waals surface area contributed by atoms with Crippen molar-refractivity contribution in [2.45, 2.75) is 72.4 Å². The maximum atomic E-state index is 12.9. The molecule has 0 aliphatic carbocycles. The average Bonchev–Trinajstić information content (AvgIpc) is 2.88. The van der Waals surface area contributed by atoms with E-state index in [2.05, 4.69) is 12.2 Å². The normalized spacial score (nSPS) is 12.6. The van der Waals surface area contributed by atoms with E-state index in [1.165, 1.54) is 25.7 Å². The molecule has 39 heavy (non-hydrogen) atoms. The fourth-order valence-electron chi connectivity index (χ4n) is 3.64. The Morgan fingerprint density at radius 3 is 2.36 bits per heavy atom. The van der Waals surface area contributed by atoms with Gasteiger partial charge in [-0.05, 0) is 55.2 Å². The molecule has 0 saturated heterocycles. The predicted octanol–water partition coefficient (Wildman–Crippen LogP) is 7.46. The number of carbonyl (C=O) groups excluding carboxylic acids is 2. The van der Waals surface area contributed by atoms with E-state index in [1.54, 1.807) is 42.5 Å². The largest absolute Gasteiger partial charge is 0.510 e. The molecule has 0 heterocycles. The first-order valence-electron chi connectivity index (χ1n) is 13.5. The van der Waals surface area contributed by atoms with Crippen molar-refractivity contribution < 1.29 is 37.8 Å². The lowest BCUT2D eigenvalue weighted by Crippen LogP contribution is -2.14. The van der Waals surface area contributed by atoms with Crippen LogP contribution in [0.25, 0.3) is 0 Å². The van der Waals surface area contributed by atoms with E-state index in [0.29, 0.717) is 29.2 Å². The maximum absolute atomic E-state index is 12.9. The quantitative estimate of drug-likeness (QED) is 0.0881. The van der Waals surface area contributed by atoms with Gasteiger partial charge in [0.15, 0.2) is 0 Å². The summed E-state index contributed by atoms with van der Waals surface area (Å²) in [6, 6.07) is 12.0. The van der Waals surface area contributed by atoms with Gasteiger partial charge >= 0.3 is 13.8 Å². The third-order valence-corrected chi connectivity index (χ3v) is 6.98. The van der Waals surface area contributed by atoms with Crippen molar-refractivity contribution >= 4 is 25.3 Å². The van der Waals surface area contributed by atoms with Gasteiger partial charge in [0.2, 0.25) is 6.79 Å². The molecule has 1 unspecified atom stereocenters. The Labute approximate surface area is 231 Å². The van der Waals surface area contributed by atoms with Crippen LogP contribution in [0.5, 0.6) is 5.75 Å². The molecule has 0 spiro atoms. The summed E-state index contributed by atoms with van der Waals surface area (Å²) in [5, 5.41) is 2.80. The molecule has 0 aliphatic heterocycles. The Bertz CT molecular complexity index is 1090. The third kappa shape index (κ3) is 13.2. The van der Waals surface area contributed by atoms with Crippen molar-refractivity contribution in [2.75, 3.05) is 25.3 Å². The highest BCUT2D eigenvalue weighted by Crippen LogP contribution is 2.47. The molecule has 9 nitrogen and oxygen atoms in total. The molecule has 2 aromatic rings. The van der Waals surface area contributed by atoms with E-state index in [1.807, 2.05) is 20.8 Å².